The highest BCUT2D eigenvalue weighted by molar-refractivity contribution is 5.69. The first-order chi connectivity index (χ1) is 7.58. The highest BCUT2D eigenvalue weighted by Gasteiger charge is 2.33. The Morgan fingerprint density at radius 2 is 1.88 bits per heavy atom. The van der Waals surface area contributed by atoms with Gasteiger partial charge < -0.3 is 10.1 Å². The molecule has 0 aliphatic heterocycles. The van der Waals surface area contributed by atoms with Gasteiger partial charge in [-0.25, -0.2) is 4.79 Å². The average molecular weight is 224 g/mol. The summed E-state index contributed by atoms with van der Waals surface area (Å²) in [6, 6.07) is 2.25. The zero-order valence-corrected chi connectivity index (χ0v) is 10.1. The van der Waals surface area contributed by atoms with Crippen molar-refractivity contribution in [1.82, 2.24) is 5.32 Å². The Morgan fingerprint density at radius 1 is 1.31 bits per heavy atom. The van der Waals surface area contributed by atoms with E-state index >= 15 is 0 Å². The van der Waals surface area contributed by atoms with Gasteiger partial charge in [0.15, 0.2) is 0 Å². The van der Waals surface area contributed by atoms with Gasteiger partial charge in [-0.05, 0) is 26.7 Å². The van der Waals surface area contributed by atoms with Crippen molar-refractivity contribution < 1.29 is 9.53 Å². The van der Waals surface area contributed by atoms with E-state index in [1.807, 2.05) is 0 Å². The van der Waals surface area contributed by atoms with Crippen molar-refractivity contribution >= 4 is 6.09 Å². The third kappa shape index (κ3) is 3.73. The molecule has 0 bridgehead atoms. The third-order valence-corrected chi connectivity index (χ3v) is 2.86. The molecule has 1 amide bonds. The molecule has 0 radical (unpaired) electrons. The van der Waals surface area contributed by atoms with Crippen molar-refractivity contribution in [3.05, 3.63) is 0 Å². The van der Waals surface area contributed by atoms with E-state index in [0.717, 1.165) is 38.5 Å². The summed E-state index contributed by atoms with van der Waals surface area (Å²) in [5.41, 5.74) is -0.706. The quantitative estimate of drug-likeness (QED) is 0.733. The van der Waals surface area contributed by atoms with E-state index in [4.69, 9.17) is 4.74 Å². The molecule has 1 fully saturated rings. The zero-order valence-electron chi connectivity index (χ0n) is 10.1. The van der Waals surface area contributed by atoms with Crippen molar-refractivity contribution in [2.45, 2.75) is 64.0 Å². The van der Waals surface area contributed by atoms with Gasteiger partial charge in [-0.2, -0.15) is 5.26 Å². The van der Waals surface area contributed by atoms with Crippen LogP contribution in [0.4, 0.5) is 4.79 Å². The highest BCUT2D eigenvalue weighted by atomic mass is 16.6. The maximum Gasteiger partial charge on any atom is 0.408 e. The number of nitriles is 1. The highest BCUT2D eigenvalue weighted by Crippen LogP contribution is 2.26. The van der Waals surface area contributed by atoms with Gasteiger partial charge in [-0.3, -0.25) is 0 Å². The van der Waals surface area contributed by atoms with Crippen LogP contribution >= 0.6 is 0 Å². The number of carbonyl (C=O) groups excluding carboxylic acids is 1. The van der Waals surface area contributed by atoms with Crippen molar-refractivity contribution in [2.75, 3.05) is 0 Å². The number of hydrogen-bond donors (Lipinski definition) is 1. The van der Waals surface area contributed by atoms with E-state index in [1.54, 1.807) is 13.8 Å². The Kier molecular flexibility index (Phi) is 4.60. The lowest BCUT2D eigenvalue weighted by molar-refractivity contribution is 0.107. The maximum atomic E-state index is 11.5. The molecule has 0 aromatic carbocycles. The number of carbonyl (C=O) groups is 1. The predicted octanol–water partition coefficient (Wildman–Crippen LogP) is 2.74. The van der Waals surface area contributed by atoms with Crippen LogP contribution in [0.2, 0.25) is 0 Å². The molecular formula is C12H20N2O2. The summed E-state index contributed by atoms with van der Waals surface area (Å²) in [7, 11) is 0. The maximum absolute atomic E-state index is 11.5. The summed E-state index contributed by atoms with van der Waals surface area (Å²) in [5.74, 6) is 0. The summed E-state index contributed by atoms with van der Waals surface area (Å²) >= 11 is 0. The van der Waals surface area contributed by atoms with Crippen LogP contribution < -0.4 is 5.32 Å². The second-order valence-corrected chi connectivity index (χ2v) is 4.69. The van der Waals surface area contributed by atoms with Gasteiger partial charge in [0.1, 0.15) is 5.54 Å². The molecule has 1 aliphatic rings. The summed E-state index contributed by atoms with van der Waals surface area (Å²) in [6.45, 7) is 3.59. The van der Waals surface area contributed by atoms with Crippen molar-refractivity contribution in [2.24, 2.45) is 0 Å². The van der Waals surface area contributed by atoms with Gasteiger partial charge in [0.25, 0.3) is 0 Å². The van der Waals surface area contributed by atoms with Gasteiger partial charge >= 0.3 is 6.09 Å². The number of rotatable bonds is 2. The standard InChI is InChI=1S/C12H20N2O2/c1-10(2)16-11(15)14-12(9-13)7-5-3-4-6-8-12/h10H,3-8H2,1-2H3,(H,14,15). The lowest BCUT2D eigenvalue weighted by atomic mass is 9.92. The second kappa shape index (κ2) is 5.74. The zero-order chi connectivity index (χ0) is 12.0. The fourth-order valence-electron chi connectivity index (χ4n) is 2.04. The SMILES string of the molecule is CC(C)OC(=O)NC1(C#N)CCCCCC1. The second-order valence-electron chi connectivity index (χ2n) is 4.69. The van der Waals surface area contributed by atoms with Crippen LogP contribution in [0, 0.1) is 11.3 Å². The molecule has 4 heteroatoms. The van der Waals surface area contributed by atoms with E-state index in [0.29, 0.717) is 0 Å². The topological polar surface area (TPSA) is 62.1 Å². The van der Waals surface area contributed by atoms with Crippen LogP contribution in [0.5, 0.6) is 0 Å². The molecule has 0 atom stereocenters. The first-order valence-corrected chi connectivity index (χ1v) is 5.98. The molecule has 4 nitrogen and oxygen atoms in total. The Hall–Kier alpha value is -1.24. The third-order valence-electron chi connectivity index (χ3n) is 2.86. The Bertz CT molecular complexity index is 273. The Morgan fingerprint density at radius 3 is 2.31 bits per heavy atom. The summed E-state index contributed by atoms with van der Waals surface area (Å²) in [6.07, 6.45) is 5.12. The molecule has 0 aromatic heterocycles. The average Bonchev–Trinajstić information content (AvgIpc) is 2.43. The first kappa shape index (κ1) is 12.8. The number of amides is 1. The lowest BCUT2D eigenvalue weighted by Gasteiger charge is -2.26. The van der Waals surface area contributed by atoms with Gasteiger partial charge in [-0.1, -0.05) is 25.7 Å². The lowest BCUT2D eigenvalue weighted by Crippen LogP contribution is -2.47. The first-order valence-electron chi connectivity index (χ1n) is 5.98. The number of ether oxygens (including phenoxy) is 1. The van der Waals surface area contributed by atoms with Crippen molar-refractivity contribution in [3.8, 4) is 6.07 Å². The van der Waals surface area contributed by atoms with E-state index in [9.17, 15) is 10.1 Å². The summed E-state index contributed by atoms with van der Waals surface area (Å²) in [5, 5.41) is 12.0. The molecule has 1 aliphatic carbocycles. The normalized spacial score (nSPS) is 19.6. The largest absolute Gasteiger partial charge is 0.447 e. The number of nitrogens with one attached hydrogen (secondary N) is 1. The molecular weight excluding hydrogens is 204 g/mol. The Balaban J connectivity index is 2.58. The van der Waals surface area contributed by atoms with Crippen LogP contribution in [0.1, 0.15) is 52.4 Å². The number of alkyl carbamates (subject to hydrolysis) is 1. The molecule has 0 heterocycles. The monoisotopic (exact) mass is 224 g/mol. The minimum absolute atomic E-state index is 0.151. The van der Waals surface area contributed by atoms with E-state index in [-0.39, 0.29) is 6.10 Å². The van der Waals surface area contributed by atoms with Gasteiger partial charge in [0.2, 0.25) is 0 Å². The van der Waals surface area contributed by atoms with Crippen LogP contribution in [-0.4, -0.2) is 17.7 Å². The molecule has 1 saturated carbocycles. The number of hydrogen-bond acceptors (Lipinski definition) is 3. The summed E-state index contributed by atoms with van der Waals surface area (Å²) in [4.78, 5) is 11.5. The fraction of sp³-hybridized carbons (Fsp3) is 0.833. The molecule has 0 saturated heterocycles. The molecule has 16 heavy (non-hydrogen) atoms. The van der Waals surface area contributed by atoms with Gasteiger partial charge in [0, 0.05) is 0 Å². The molecule has 0 spiro atoms. The van der Waals surface area contributed by atoms with Crippen LogP contribution in [0.25, 0.3) is 0 Å². The predicted molar refractivity (Wildman–Crippen MR) is 60.8 cm³/mol. The van der Waals surface area contributed by atoms with Gasteiger partial charge in [-0.15, -0.1) is 0 Å². The van der Waals surface area contributed by atoms with Crippen molar-refractivity contribution in [3.63, 3.8) is 0 Å². The smallest absolute Gasteiger partial charge is 0.408 e. The van der Waals surface area contributed by atoms with Crippen LogP contribution in [0.15, 0.2) is 0 Å². The van der Waals surface area contributed by atoms with Gasteiger partial charge in [0.05, 0.1) is 12.2 Å². The molecule has 1 rings (SSSR count). The van der Waals surface area contributed by atoms with E-state index < -0.39 is 11.6 Å². The molecule has 90 valence electrons. The van der Waals surface area contributed by atoms with Crippen LogP contribution in [-0.2, 0) is 4.74 Å². The minimum atomic E-state index is -0.706. The fourth-order valence-corrected chi connectivity index (χ4v) is 2.04. The van der Waals surface area contributed by atoms with E-state index in [2.05, 4.69) is 11.4 Å². The molecule has 1 N–H and O–H groups in total. The Labute approximate surface area is 97.0 Å². The number of nitrogens with zero attached hydrogens (tertiary/aromatic N) is 1. The van der Waals surface area contributed by atoms with Crippen molar-refractivity contribution in [1.29, 1.82) is 5.26 Å². The molecule has 0 unspecified atom stereocenters. The molecule has 0 aromatic rings. The summed E-state index contributed by atoms with van der Waals surface area (Å²) < 4.78 is 5.02. The minimum Gasteiger partial charge on any atom is -0.447 e. The van der Waals surface area contributed by atoms with Crippen LogP contribution in [0.3, 0.4) is 0 Å². The van der Waals surface area contributed by atoms with E-state index in [1.165, 1.54) is 0 Å².